The molecule has 0 radical (unpaired) electrons. The Morgan fingerprint density at radius 2 is 1.87 bits per heavy atom. The van der Waals surface area contributed by atoms with Crippen LogP contribution in [-0.2, 0) is 0 Å². The van der Waals surface area contributed by atoms with Gasteiger partial charge in [-0.25, -0.2) is 0 Å². The number of nitrogens with zero attached hydrogens (tertiary/aromatic N) is 1. The first-order chi connectivity index (χ1) is 7.27. The Hall–Kier alpha value is -1.31. The van der Waals surface area contributed by atoms with Crippen molar-refractivity contribution in [3.8, 4) is 0 Å². The molecule has 0 spiro atoms. The van der Waals surface area contributed by atoms with Crippen molar-refractivity contribution in [1.82, 2.24) is 0 Å². The van der Waals surface area contributed by atoms with E-state index in [0.29, 0.717) is 0 Å². The fourth-order valence-electron chi connectivity index (χ4n) is 1.54. The van der Waals surface area contributed by atoms with Gasteiger partial charge < -0.3 is 5.21 Å². The summed E-state index contributed by atoms with van der Waals surface area (Å²) in [6.45, 7) is 4.22. The summed E-state index contributed by atoms with van der Waals surface area (Å²) in [6, 6.07) is 8.10. The molecule has 0 aliphatic heterocycles. The molecule has 0 saturated heterocycles. The highest BCUT2D eigenvalue weighted by Gasteiger charge is 2.03. The topological polar surface area (TPSA) is 32.6 Å². The first-order valence-corrected chi connectivity index (χ1v) is 5.56. The Kier molecular flexibility index (Phi) is 4.88. The molecule has 2 heteroatoms. The Morgan fingerprint density at radius 3 is 2.40 bits per heavy atom. The van der Waals surface area contributed by atoms with Crippen LogP contribution in [0.15, 0.2) is 29.4 Å². The van der Waals surface area contributed by atoms with Crippen molar-refractivity contribution in [2.75, 3.05) is 0 Å². The van der Waals surface area contributed by atoms with Gasteiger partial charge in [-0.15, -0.1) is 0 Å². The molecule has 0 bridgehead atoms. The van der Waals surface area contributed by atoms with Crippen LogP contribution in [0.3, 0.4) is 0 Å². The highest BCUT2D eigenvalue weighted by molar-refractivity contribution is 6.00. The lowest BCUT2D eigenvalue weighted by Crippen LogP contribution is -2.00. The van der Waals surface area contributed by atoms with Crippen molar-refractivity contribution in [2.24, 2.45) is 5.16 Å². The Bertz CT molecular complexity index is 314. The highest BCUT2D eigenvalue weighted by atomic mass is 16.4. The van der Waals surface area contributed by atoms with Gasteiger partial charge in [-0.1, -0.05) is 54.8 Å². The molecule has 0 aromatic heterocycles. The molecule has 15 heavy (non-hydrogen) atoms. The minimum atomic E-state index is 0.795. The lowest BCUT2D eigenvalue weighted by atomic mass is 10.0. The summed E-state index contributed by atoms with van der Waals surface area (Å²) in [5, 5.41) is 12.3. The van der Waals surface area contributed by atoms with Gasteiger partial charge in [-0.05, 0) is 25.3 Å². The Balaban J connectivity index is 2.63. The molecular weight excluding hydrogens is 186 g/mol. The van der Waals surface area contributed by atoms with E-state index in [4.69, 9.17) is 5.21 Å². The highest BCUT2D eigenvalue weighted by Crippen LogP contribution is 2.10. The number of oxime groups is 1. The summed E-state index contributed by atoms with van der Waals surface area (Å²) in [6.07, 6.45) is 4.31. The van der Waals surface area contributed by atoms with Crippen molar-refractivity contribution in [3.05, 3.63) is 35.4 Å². The van der Waals surface area contributed by atoms with Crippen LogP contribution in [0.5, 0.6) is 0 Å². The summed E-state index contributed by atoms with van der Waals surface area (Å²) in [5.74, 6) is 0. The van der Waals surface area contributed by atoms with Gasteiger partial charge in [0, 0.05) is 0 Å². The molecule has 0 fully saturated rings. The lowest BCUT2D eigenvalue weighted by molar-refractivity contribution is 0.317. The van der Waals surface area contributed by atoms with Gasteiger partial charge in [0.2, 0.25) is 0 Å². The van der Waals surface area contributed by atoms with Gasteiger partial charge in [0.15, 0.2) is 0 Å². The Labute approximate surface area is 91.6 Å². The van der Waals surface area contributed by atoms with E-state index in [1.165, 1.54) is 18.4 Å². The second-order valence-electron chi connectivity index (χ2n) is 3.87. The molecular formula is C13H19NO. The van der Waals surface area contributed by atoms with E-state index in [0.717, 1.165) is 24.1 Å². The van der Waals surface area contributed by atoms with Crippen molar-refractivity contribution in [2.45, 2.75) is 39.5 Å². The van der Waals surface area contributed by atoms with Crippen LogP contribution in [0.2, 0.25) is 0 Å². The van der Waals surface area contributed by atoms with E-state index in [-0.39, 0.29) is 0 Å². The standard InChI is InChI=1S/C13H19NO/c1-3-4-5-6-13(14-15)12-9-7-11(2)8-10-12/h7-10,15H,3-6H2,1-2H3. The Morgan fingerprint density at radius 1 is 1.20 bits per heavy atom. The SMILES string of the molecule is CCCCCC(=NO)c1ccc(C)cc1. The minimum absolute atomic E-state index is 0.795. The largest absolute Gasteiger partial charge is 0.411 e. The zero-order valence-electron chi connectivity index (χ0n) is 9.53. The van der Waals surface area contributed by atoms with Gasteiger partial charge in [0.25, 0.3) is 0 Å². The van der Waals surface area contributed by atoms with E-state index in [9.17, 15) is 0 Å². The number of rotatable bonds is 5. The van der Waals surface area contributed by atoms with Gasteiger partial charge in [-0.3, -0.25) is 0 Å². The fraction of sp³-hybridized carbons (Fsp3) is 0.462. The van der Waals surface area contributed by atoms with Gasteiger partial charge >= 0.3 is 0 Å². The number of hydrogen-bond acceptors (Lipinski definition) is 2. The predicted octanol–water partition coefficient (Wildman–Crippen LogP) is 3.75. The number of hydrogen-bond donors (Lipinski definition) is 1. The first kappa shape index (κ1) is 11.8. The molecule has 0 unspecified atom stereocenters. The number of aryl methyl sites for hydroxylation is 1. The quantitative estimate of drug-likeness (QED) is 0.337. The average molecular weight is 205 g/mol. The van der Waals surface area contributed by atoms with Crippen LogP contribution in [0, 0.1) is 6.92 Å². The molecule has 0 saturated carbocycles. The molecule has 1 N–H and O–H groups in total. The van der Waals surface area contributed by atoms with Crippen LogP contribution in [-0.4, -0.2) is 10.9 Å². The van der Waals surface area contributed by atoms with Crippen LogP contribution in [0.25, 0.3) is 0 Å². The van der Waals surface area contributed by atoms with Gasteiger partial charge in [-0.2, -0.15) is 0 Å². The molecule has 2 nitrogen and oxygen atoms in total. The van der Waals surface area contributed by atoms with Crippen molar-refractivity contribution in [1.29, 1.82) is 0 Å². The van der Waals surface area contributed by atoms with E-state index in [1.807, 2.05) is 24.3 Å². The maximum atomic E-state index is 8.94. The molecule has 1 aromatic rings. The lowest BCUT2D eigenvalue weighted by Gasteiger charge is -2.04. The predicted molar refractivity (Wildman–Crippen MR) is 63.6 cm³/mol. The maximum Gasteiger partial charge on any atom is 0.0867 e. The van der Waals surface area contributed by atoms with E-state index in [2.05, 4.69) is 19.0 Å². The molecule has 1 rings (SSSR count). The summed E-state index contributed by atoms with van der Waals surface area (Å²) < 4.78 is 0. The number of benzene rings is 1. The molecule has 0 heterocycles. The minimum Gasteiger partial charge on any atom is -0.411 e. The van der Waals surface area contributed by atoms with Crippen molar-refractivity contribution < 1.29 is 5.21 Å². The molecule has 0 atom stereocenters. The third-order valence-corrected chi connectivity index (χ3v) is 2.52. The van der Waals surface area contributed by atoms with Crippen LogP contribution in [0.1, 0.15) is 43.7 Å². The molecule has 0 amide bonds. The molecule has 1 aromatic carbocycles. The zero-order chi connectivity index (χ0) is 11.1. The zero-order valence-corrected chi connectivity index (χ0v) is 9.53. The molecule has 0 aliphatic rings. The monoisotopic (exact) mass is 205 g/mol. The second-order valence-corrected chi connectivity index (χ2v) is 3.87. The van der Waals surface area contributed by atoms with Crippen LogP contribution in [0.4, 0.5) is 0 Å². The van der Waals surface area contributed by atoms with E-state index < -0.39 is 0 Å². The fourth-order valence-corrected chi connectivity index (χ4v) is 1.54. The molecule has 82 valence electrons. The summed E-state index contributed by atoms with van der Waals surface area (Å²) in [5.41, 5.74) is 3.05. The van der Waals surface area contributed by atoms with Crippen molar-refractivity contribution in [3.63, 3.8) is 0 Å². The van der Waals surface area contributed by atoms with E-state index in [1.54, 1.807) is 0 Å². The normalized spacial score (nSPS) is 11.7. The second kappa shape index (κ2) is 6.23. The van der Waals surface area contributed by atoms with E-state index >= 15 is 0 Å². The summed E-state index contributed by atoms with van der Waals surface area (Å²) in [4.78, 5) is 0. The smallest absolute Gasteiger partial charge is 0.0867 e. The van der Waals surface area contributed by atoms with Crippen LogP contribution >= 0.6 is 0 Å². The maximum absolute atomic E-state index is 8.94. The van der Waals surface area contributed by atoms with Gasteiger partial charge in [0.1, 0.15) is 0 Å². The first-order valence-electron chi connectivity index (χ1n) is 5.56. The van der Waals surface area contributed by atoms with Gasteiger partial charge in [0.05, 0.1) is 5.71 Å². The third-order valence-electron chi connectivity index (χ3n) is 2.52. The number of unbranched alkanes of at least 4 members (excludes halogenated alkanes) is 2. The van der Waals surface area contributed by atoms with Crippen LogP contribution < -0.4 is 0 Å². The third kappa shape index (κ3) is 3.74. The summed E-state index contributed by atoms with van der Waals surface area (Å²) >= 11 is 0. The molecule has 0 aliphatic carbocycles. The summed E-state index contributed by atoms with van der Waals surface area (Å²) in [7, 11) is 0. The average Bonchev–Trinajstić information content (AvgIpc) is 2.26. The van der Waals surface area contributed by atoms with Crippen molar-refractivity contribution >= 4 is 5.71 Å².